The van der Waals surface area contributed by atoms with E-state index in [1.807, 2.05) is 85.6 Å². The van der Waals surface area contributed by atoms with Gasteiger partial charge < -0.3 is 29.1 Å². The third-order valence-corrected chi connectivity index (χ3v) is 13.3. The van der Waals surface area contributed by atoms with Crippen LogP contribution in [0.1, 0.15) is 52.7 Å². The normalized spacial score (nSPS) is 14.3. The van der Waals surface area contributed by atoms with E-state index in [1.165, 1.54) is 0 Å². The number of hydrogen-bond acceptors (Lipinski definition) is 9. The van der Waals surface area contributed by atoms with Crippen LogP contribution in [0.5, 0.6) is 11.5 Å². The van der Waals surface area contributed by atoms with E-state index in [1.54, 1.807) is 18.2 Å². The third kappa shape index (κ3) is 10.6. The van der Waals surface area contributed by atoms with Crippen molar-refractivity contribution in [2.75, 3.05) is 89.0 Å². The molecule has 2 heterocycles. The molecule has 51 heavy (non-hydrogen) atoms. The third-order valence-electron chi connectivity index (χ3n) is 8.40. The Kier molecular flexibility index (Phi) is 13.4. The highest BCUT2D eigenvalue weighted by atomic mass is 33.1. The lowest BCUT2D eigenvalue weighted by atomic mass is 9.77. The molecule has 274 valence electrons. The van der Waals surface area contributed by atoms with Gasteiger partial charge in [-0.2, -0.15) is 0 Å². The van der Waals surface area contributed by atoms with Crippen LogP contribution in [-0.4, -0.2) is 105 Å². The smallest absolute Gasteiger partial charge is 0.340 e. The minimum atomic E-state index is -1.23. The Hall–Kier alpha value is -2.81. The Morgan fingerprint density at radius 2 is 1.12 bits per heavy atom. The van der Waals surface area contributed by atoms with Crippen LogP contribution in [0.25, 0.3) is 0 Å². The van der Waals surface area contributed by atoms with Crippen LogP contribution >= 0.6 is 43.2 Å². The molecule has 2 N–H and O–H groups in total. The molecule has 2 amide bonds. The van der Waals surface area contributed by atoms with Crippen LogP contribution in [0.3, 0.4) is 0 Å². The van der Waals surface area contributed by atoms with Crippen LogP contribution in [0.4, 0.5) is 11.4 Å². The van der Waals surface area contributed by atoms with Crippen molar-refractivity contribution in [3.8, 4) is 11.5 Å². The van der Waals surface area contributed by atoms with Crippen molar-refractivity contribution in [2.24, 2.45) is 0 Å². The molecule has 0 aliphatic carbocycles. The standard InChI is InChI=1S/C38H48N4O5S4/c1-41(2,3)19-23-50-48-21-9-13-35(43)39-27-15-17-31-33(25-27)46-34-26-28(40-36(44)14-10-22-49-51-24-20-42(4,5)6)16-18-32(34)38(31)30-12-8-7-11-29(30)37(45)47-38/h7-8,11-12,15-18,25-26H,9-10,13-14,19-24H2,1-6H3/p+2. The van der Waals surface area contributed by atoms with Gasteiger partial charge in [-0.05, 0) is 43.2 Å². The number of nitrogens with one attached hydrogen (secondary N) is 2. The van der Waals surface area contributed by atoms with Crippen LogP contribution in [0.2, 0.25) is 0 Å². The predicted molar refractivity (Wildman–Crippen MR) is 216 cm³/mol. The van der Waals surface area contributed by atoms with Crippen molar-refractivity contribution < 1.29 is 32.8 Å². The molecule has 0 aromatic heterocycles. The van der Waals surface area contributed by atoms with Crippen molar-refractivity contribution in [3.05, 3.63) is 82.9 Å². The fourth-order valence-corrected chi connectivity index (χ4v) is 10.5. The number of benzene rings is 3. The molecule has 1 spiro atoms. The number of anilines is 2. The molecule has 0 saturated carbocycles. The first-order valence-corrected chi connectivity index (χ1v) is 22.2. The summed E-state index contributed by atoms with van der Waals surface area (Å²) in [6.45, 7) is 2.20. The van der Waals surface area contributed by atoms with Gasteiger partial charge >= 0.3 is 5.97 Å². The first-order chi connectivity index (χ1) is 24.2. The van der Waals surface area contributed by atoms with Crippen molar-refractivity contribution in [2.45, 2.75) is 31.3 Å². The number of hydrogen-bond donors (Lipinski definition) is 2. The molecule has 3 aromatic rings. The average molecular weight is 771 g/mol. The summed E-state index contributed by atoms with van der Waals surface area (Å²) in [5.41, 5.74) is 2.51. The van der Waals surface area contributed by atoms with Gasteiger partial charge in [-0.1, -0.05) is 61.4 Å². The number of amides is 2. The summed E-state index contributed by atoms with van der Waals surface area (Å²) in [7, 11) is 20.5. The van der Waals surface area contributed by atoms with E-state index < -0.39 is 11.6 Å². The molecule has 2 aliphatic rings. The second kappa shape index (κ2) is 17.3. The molecule has 0 unspecified atom stereocenters. The van der Waals surface area contributed by atoms with E-state index in [4.69, 9.17) is 9.47 Å². The highest BCUT2D eigenvalue weighted by Crippen LogP contribution is 2.56. The number of nitrogens with zero attached hydrogens (tertiary/aromatic N) is 2. The molecule has 5 rings (SSSR count). The Labute approximate surface area is 318 Å². The minimum absolute atomic E-state index is 0.0679. The molecule has 0 bridgehead atoms. The van der Waals surface area contributed by atoms with Crippen molar-refractivity contribution in [1.29, 1.82) is 0 Å². The van der Waals surface area contributed by atoms with Gasteiger partial charge in [0.25, 0.3) is 0 Å². The summed E-state index contributed by atoms with van der Waals surface area (Å²) in [5, 5.41) is 6.04. The molecule has 13 heteroatoms. The number of ether oxygens (including phenoxy) is 2. The maximum atomic E-state index is 13.3. The molecule has 9 nitrogen and oxygen atoms in total. The molecule has 0 fully saturated rings. The molecule has 3 aromatic carbocycles. The van der Waals surface area contributed by atoms with Gasteiger partial charge in [0, 0.05) is 64.5 Å². The second-order valence-electron chi connectivity index (χ2n) is 14.8. The highest BCUT2D eigenvalue weighted by Gasteiger charge is 2.53. The van der Waals surface area contributed by atoms with Crippen LogP contribution in [0, 0.1) is 0 Å². The fourth-order valence-electron chi connectivity index (χ4n) is 5.72. The highest BCUT2D eigenvalue weighted by molar-refractivity contribution is 8.77. The molecular weight excluding hydrogens is 721 g/mol. The quantitative estimate of drug-likeness (QED) is 0.0581. The van der Waals surface area contributed by atoms with Gasteiger partial charge in [0.2, 0.25) is 11.8 Å². The minimum Gasteiger partial charge on any atom is -0.456 e. The summed E-state index contributed by atoms with van der Waals surface area (Å²) in [6.07, 6.45) is 2.38. The zero-order valence-electron chi connectivity index (χ0n) is 30.4. The van der Waals surface area contributed by atoms with Gasteiger partial charge in [0.1, 0.15) is 11.5 Å². The fraction of sp³-hybridized carbons (Fsp3) is 0.447. The summed E-state index contributed by atoms with van der Waals surface area (Å²) in [4.78, 5) is 39.0. The Balaban J connectivity index is 1.26. The molecule has 0 radical (unpaired) electrons. The van der Waals surface area contributed by atoms with Crippen LogP contribution in [0.15, 0.2) is 60.7 Å². The number of carbonyl (C=O) groups excluding carboxylic acids is 3. The topological polar surface area (TPSA) is 93.7 Å². The SMILES string of the molecule is C[N+](C)(C)CCSSCCCC(=O)Nc1ccc2c(c1)Oc1cc(NC(=O)CCCSSCC[N+](C)(C)C)ccc1C21OC(=O)c2ccccc21. The van der Waals surface area contributed by atoms with Gasteiger partial charge in [0.15, 0.2) is 5.60 Å². The lowest BCUT2D eigenvalue weighted by Crippen LogP contribution is -2.36. The van der Waals surface area contributed by atoms with E-state index in [9.17, 15) is 14.4 Å². The zero-order valence-corrected chi connectivity index (χ0v) is 33.7. The number of quaternary nitrogens is 2. The second-order valence-corrected chi connectivity index (χ2v) is 20.2. The maximum absolute atomic E-state index is 13.3. The van der Waals surface area contributed by atoms with E-state index >= 15 is 0 Å². The maximum Gasteiger partial charge on any atom is 0.340 e. The molecule has 0 saturated heterocycles. The Morgan fingerprint density at radius 3 is 1.61 bits per heavy atom. The molecule has 0 atom stereocenters. The Bertz CT molecular complexity index is 1630. The first-order valence-electron chi connectivity index (χ1n) is 17.2. The molecular formula is C38H50N4O5S4+2. The van der Waals surface area contributed by atoms with Crippen molar-refractivity contribution >= 4 is 72.3 Å². The van der Waals surface area contributed by atoms with Gasteiger partial charge in [-0.3, -0.25) is 9.59 Å². The lowest BCUT2D eigenvalue weighted by Gasteiger charge is -2.36. The average Bonchev–Trinajstić information content (AvgIpc) is 3.35. The van der Waals surface area contributed by atoms with E-state index in [2.05, 4.69) is 52.9 Å². The largest absolute Gasteiger partial charge is 0.456 e. The first kappa shape index (κ1) is 39.4. The van der Waals surface area contributed by atoms with Gasteiger partial charge in [-0.15, -0.1) is 0 Å². The van der Waals surface area contributed by atoms with Crippen LogP contribution < -0.4 is 15.4 Å². The van der Waals surface area contributed by atoms with E-state index in [0.29, 0.717) is 52.4 Å². The zero-order chi connectivity index (χ0) is 36.6. The number of esters is 1. The van der Waals surface area contributed by atoms with Crippen molar-refractivity contribution in [3.63, 3.8) is 0 Å². The molecule has 2 aliphatic heterocycles. The summed E-state index contributed by atoms with van der Waals surface area (Å²) < 4.78 is 14.6. The number of fused-ring (bicyclic) bond motifs is 6. The monoisotopic (exact) mass is 770 g/mol. The summed E-state index contributed by atoms with van der Waals surface area (Å²) in [6, 6.07) is 18.3. The van der Waals surface area contributed by atoms with Gasteiger partial charge in [-0.25, -0.2) is 4.79 Å². The summed E-state index contributed by atoms with van der Waals surface area (Å²) in [5.74, 6) is 4.34. The number of carbonyl (C=O) groups is 3. The van der Waals surface area contributed by atoms with Crippen molar-refractivity contribution in [1.82, 2.24) is 0 Å². The lowest BCUT2D eigenvalue weighted by molar-refractivity contribution is -0.867. The van der Waals surface area contributed by atoms with Gasteiger partial charge in [0.05, 0.1) is 72.4 Å². The number of rotatable bonds is 18. The van der Waals surface area contributed by atoms with Crippen LogP contribution in [-0.2, 0) is 19.9 Å². The predicted octanol–water partition coefficient (Wildman–Crippen LogP) is 7.87. The van der Waals surface area contributed by atoms with E-state index in [-0.39, 0.29) is 11.8 Å². The van der Waals surface area contributed by atoms with E-state index in [0.717, 1.165) is 63.5 Å². The Morgan fingerprint density at radius 1 is 0.647 bits per heavy atom. The summed E-state index contributed by atoms with van der Waals surface area (Å²) >= 11 is 0.